The van der Waals surface area contributed by atoms with Crippen LogP contribution in [-0.2, 0) is 23.9 Å². The number of rotatable bonds is 4. The average molecular weight is 577 g/mol. The van der Waals surface area contributed by atoms with Crippen LogP contribution >= 0.6 is 48.8 Å². The lowest BCUT2D eigenvalue weighted by atomic mass is 10.1. The molecule has 27 heavy (non-hydrogen) atoms. The molecule has 0 radical (unpaired) electrons. The van der Waals surface area contributed by atoms with Gasteiger partial charge in [0.15, 0.2) is 0 Å². The van der Waals surface area contributed by atoms with Crippen LogP contribution in [0, 0.1) is 13.8 Å². The number of aromatic nitrogens is 2. The van der Waals surface area contributed by atoms with Crippen molar-refractivity contribution in [3.8, 4) is 11.5 Å². The molecule has 2 heterocycles. The van der Waals surface area contributed by atoms with E-state index in [9.17, 15) is 10.2 Å². The Kier molecular flexibility index (Phi) is 17.5. The van der Waals surface area contributed by atoms with Crippen LogP contribution < -0.4 is 0 Å². The van der Waals surface area contributed by atoms with Gasteiger partial charge < -0.3 is 20.4 Å². The van der Waals surface area contributed by atoms with Crippen LogP contribution in [-0.4, -0.2) is 30.4 Å². The summed E-state index contributed by atoms with van der Waals surface area (Å²) in [5, 5.41) is 38.0. The molecular formula is C18H29Br3N2O4. The van der Waals surface area contributed by atoms with E-state index in [1.807, 2.05) is 0 Å². The van der Waals surface area contributed by atoms with Gasteiger partial charge in [-0.15, -0.1) is 17.0 Å². The van der Waals surface area contributed by atoms with E-state index in [1.54, 1.807) is 20.0 Å². The second kappa shape index (κ2) is 15.2. The van der Waals surface area contributed by atoms with Gasteiger partial charge in [-0.1, -0.05) is 46.7 Å². The first kappa shape index (κ1) is 31.0. The molecule has 4 N–H and O–H groups in total. The van der Waals surface area contributed by atoms with Crippen molar-refractivity contribution in [1.82, 2.24) is 9.97 Å². The molecule has 0 bridgehead atoms. The molecule has 0 unspecified atom stereocenters. The molecule has 0 amide bonds. The first-order valence-corrected chi connectivity index (χ1v) is 9.31. The molecule has 6 nitrogen and oxygen atoms in total. The molecule has 2 rings (SSSR count). The number of aliphatic hydroxyl groups excluding tert-OH is 2. The Morgan fingerprint density at radius 2 is 1.22 bits per heavy atom. The smallest absolute Gasteiger partial charge is 0.142 e. The summed E-state index contributed by atoms with van der Waals surface area (Å²) >= 11 is 6.66. The summed E-state index contributed by atoms with van der Waals surface area (Å²) in [5.74, 6) is 0.257. The van der Waals surface area contributed by atoms with E-state index in [-0.39, 0.29) is 50.8 Å². The van der Waals surface area contributed by atoms with Crippen molar-refractivity contribution < 1.29 is 20.4 Å². The third kappa shape index (κ3) is 8.03. The maximum atomic E-state index is 9.60. The zero-order chi connectivity index (χ0) is 18.3. The van der Waals surface area contributed by atoms with E-state index in [0.717, 1.165) is 16.5 Å². The van der Waals surface area contributed by atoms with E-state index in [2.05, 4.69) is 41.8 Å². The highest BCUT2D eigenvalue weighted by Gasteiger charge is 2.09. The SMILES string of the molecule is Br.C.C.Cc1ncc(CBr)c(CBr)c1O.Cc1ncc(CO)c(CO)c1O. The Balaban J connectivity index is -0.000000384. The number of alkyl halides is 2. The predicted molar refractivity (Wildman–Crippen MR) is 122 cm³/mol. The zero-order valence-corrected chi connectivity index (χ0v) is 18.7. The highest BCUT2D eigenvalue weighted by atomic mass is 79.9. The average Bonchev–Trinajstić information content (AvgIpc) is 2.59. The van der Waals surface area contributed by atoms with Gasteiger partial charge in [0.2, 0.25) is 0 Å². The summed E-state index contributed by atoms with van der Waals surface area (Å²) in [5.41, 5.74) is 3.88. The van der Waals surface area contributed by atoms with Crippen molar-refractivity contribution in [2.75, 3.05) is 0 Å². The quantitative estimate of drug-likeness (QED) is 0.389. The number of aliphatic hydroxyl groups is 2. The summed E-state index contributed by atoms with van der Waals surface area (Å²) < 4.78 is 0. The van der Waals surface area contributed by atoms with E-state index >= 15 is 0 Å². The topological polar surface area (TPSA) is 107 Å². The van der Waals surface area contributed by atoms with Gasteiger partial charge in [0.05, 0.1) is 24.6 Å². The molecule has 0 spiro atoms. The van der Waals surface area contributed by atoms with Gasteiger partial charge in [-0.25, -0.2) is 0 Å². The van der Waals surface area contributed by atoms with E-state index in [1.165, 1.54) is 6.20 Å². The van der Waals surface area contributed by atoms with Gasteiger partial charge in [0, 0.05) is 39.7 Å². The summed E-state index contributed by atoms with van der Waals surface area (Å²) in [6, 6.07) is 0. The number of aromatic hydroxyl groups is 2. The Labute approximate surface area is 188 Å². The summed E-state index contributed by atoms with van der Waals surface area (Å²) in [6.45, 7) is 2.91. The molecule has 9 heteroatoms. The second-order valence-corrected chi connectivity index (χ2v) is 6.10. The predicted octanol–water partition coefficient (Wildman–Crippen LogP) is 4.82. The lowest BCUT2D eigenvalue weighted by Crippen LogP contribution is -1.98. The van der Waals surface area contributed by atoms with Crippen LogP contribution in [0.4, 0.5) is 0 Å². The molecule has 0 saturated carbocycles. The van der Waals surface area contributed by atoms with Gasteiger partial charge in [0.1, 0.15) is 11.5 Å². The van der Waals surface area contributed by atoms with Crippen LogP contribution in [0.2, 0.25) is 0 Å². The van der Waals surface area contributed by atoms with Crippen LogP contribution in [0.5, 0.6) is 11.5 Å². The van der Waals surface area contributed by atoms with Crippen molar-refractivity contribution in [2.24, 2.45) is 0 Å². The standard InChI is InChI=1S/C8H9Br2NO.C8H11NO3.2CH4.BrH/c1-5-8(12)7(3-10)6(2-9)4-11-5;1-5-8(12)7(4-11)6(3-10)2-9-5;;;/h4,12H,2-3H2,1H3;2,10-12H,3-4H2,1H3;2*1H4;1H. The van der Waals surface area contributed by atoms with Crippen molar-refractivity contribution in [3.05, 3.63) is 46.0 Å². The van der Waals surface area contributed by atoms with Gasteiger partial charge in [-0.2, -0.15) is 0 Å². The van der Waals surface area contributed by atoms with E-state index < -0.39 is 0 Å². The Morgan fingerprint density at radius 3 is 1.59 bits per heavy atom. The molecule has 0 aliphatic heterocycles. The van der Waals surface area contributed by atoms with Crippen molar-refractivity contribution in [2.45, 2.75) is 52.6 Å². The highest BCUT2D eigenvalue weighted by Crippen LogP contribution is 2.27. The molecule has 0 aromatic carbocycles. The van der Waals surface area contributed by atoms with E-state index in [0.29, 0.717) is 33.6 Å². The Morgan fingerprint density at radius 1 is 0.778 bits per heavy atom. The minimum Gasteiger partial charge on any atom is -0.506 e. The molecule has 156 valence electrons. The Hall–Kier alpha value is -0.740. The molecule has 2 aromatic heterocycles. The lowest BCUT2D eigenvalue weighted by molar-refractivity contribution is 0.254. The highest BCUT2D eigenvalue weighted by molar-refractivity contribution is 9.09. The second-order valence-electron chi connectivity index (χ2n) is 4.98. The minimum atomic E-state index is -0.287. The minimum absolute atomic E-state index is 0. The fraction of sp³-hybridized carbons (Fsp3) is 0.444. The first-order valence-electron chi connectivity index (χ1n) is 7.07. The van der Waals surface area contributed by atoms with Crippen molar-refractivity contribution >= 4 is 48.8 Å². The molecule has 0 saturated heterocycles. The molecule has 0 aliphatic carbocycles. The lowest BCUT2D eigenvalue weighted by Gasteiger charge is -2.07. The number of halogens is 3. The Bertz CT molecular complexity index is 641. The van der Waals surface area contributed by atoms with E-state index in [4.69, 9.17) is 10.2 Å². The molecule has 2 aromatic rings. The molecule has 0 aliphatic rings. The number of aryl methyl sites for hydroxylation is 2. The van der Waals surface area contributed by atoms with Gasteiger partial charge in [0.25, 0.3) is 0 Å². The fourth-order valence-corrected chi connectivity index (χ4v) is 3.05. The van der Waals surface area contributed by atoms with Crippen LogP contribution in [0.25, 0.3) is 0 Å². The van der Waals surface area contributed by atoms with Crippen LogP contribution in [0.3, 0.4) is 0 Å². The largest absolute Gasteiger partial charge is 0.506 e. The number of hydrogen-bond donors (Lipinski definition) is 4. The van der Waals surface area contributed by atoms with Crippen molar-refractivity contribution in [1.29, 1.82) is 0 Å². The third-order valence-corrected chi connectivity index (χ3v) is 4.63. The fourth-order valence-electron chi connectivity index (χ4n) is 1.95. The molecule has 0 atom stereocenters. The summed E-state index contributed by atoms with van der Waals surface area (Å²) in [6.07, 6.45) is 3.22. The maximum absolute atomic E-state index is 9.60. The van der Waals surface area contributed by atoms with Crippen molar-refractivity contribution in [3.63, 3.8) is 0 Å². The maximum Gasteiger partial charge on any atom is 0.142 e. The molecular weight excluding hydrogens is 548 g/mol. The first-order chi connectivity index (χ1) is 11.4. The number of nitrogens with zero attached hydrogens (tertiary/aromatic N) is 2. The normalized spacial score (nSPS) is 9.11. The monoisotopic (exact) mass is 574 g/mol. The third-order valence-electron chi connectivity index (χ3n) is 3.47. The van der Waals surface area contributed by atoms with Gasteiger partial charge in [-0.05, 0) is 19.4 Å². The van der Waals surface area contributed by atoms with Gasteiger partial charge in [-0.3, -0.25) is 9.97 Å². The van der Waals surface area contributed by atoms with Crippen LogP contribution in [0.15, 0.2) is 12.4 Å². The molecule has 0 fully saturated rings. The zero-order valence-electron chi connectivity index (χ0n) is 13.8. The number of pyridine rings is 2. The summed E-state index contributed by atoms with van der Waals surface area (Å²) in [7, 11) is 0. The summed E-state index contributed by atoms with van der Waals surface area (Å²) in [4.78, 5) is 7.89. The van der Waals surface area contributed by atoms with Crippen LogP contribution in [0.1, 0.15) is 48.5 Å². The van der Waals surface area contributed by atoms with Gasteiger partial charge >= 0.3 is 0 Å². The number of hydrogen-bond acceptors (Lipinski definition) is 6.